The molecule has 1 N–H and O–H groups in total. The molecular formula is C26H34N2O5. The van der Waals surface area contributed by atoms with Crippen LogP contribution in [-0.2, 0) is 4.79 Å². The first-order chi connectivity index (χ1) is 15.8. The van der Waals surface area contributed by atoms with Gasteiger partial charge in [-0.1, -0.05) is 26.0 Å². The number of nitrogens with zero attached hydrogens (tertiary/aromatic N) is 2. The summed E-state index contributed by atoms with van der Waals surface area (Å²) in [6.45, 7) is 12.9. The molecule has 2 heterocycles. The van der Waals surface area contributed by atoms with Crippen LogP contribution in [0.3, 0.4) is 0 Å². The van der Waals surface area contributed by atoms with E-state index in [1.165, 1.54) is 0 Å². The number of aliphatic hydroxyl groups excluding tert-OH is 1. The third-order valence-electron chi connectivity index (χ3n) is 5.85. The molecular weight excluding hydrogens is 420 g/mol. The summed E-state index contributed by atoms with van der Waals surface area (Å²) in [6, 6.07) is 9.89. The normalized spacial score (nSPS) is 16.4. The number of benzene rings is 1. The Labute approximate surface area is 195 Å². The van der Waals surface area contributed by atoms with E-state index in [-0.39, 0.29) is 17.4 Å². The van der Waals surface area contributed by atoms with Gasteiger partial charge in [-0.2, -0.15) is 0 Å². The van der Waals surface area contributed by atoms with Crippen molar-refractivity contribution in [1.82, 2.24) is 9.80 Å². The highest BCUT2D eigenvalue weighted by atomic mass is 16.5. The standard InChI is InChI=1S/C26H34N2O5/c1-6-27(7-2)15-8-16-28-23(19-10-12-20(13-11-19)32-17(3)4)22(25(30)26(28)31)24(29)21-14-9-18(5)33-21/h9-14,17,23,30H,6-8,15-16H2,1-5H3/t23-/m1/s1. The average Bonchev–Trinajstić information content (AvgIpc) is 3.33. The first-order valence-electron chi connectivity index (χ1n) is 11.6. The quantitative estimate of drug-likeness (QED) is 0.496. The Kier molecular flexibility index (Phi) is 7.97. The molecule has 0 aliphatic carbocycles. The zero-order chi connectivity index (χ0) is 24.1. The molecule has 7 nitrogen and oxygen atoms in total. The molecule has 1 aliphatic heterocycles. The molecule has 1 aromatic heterocycles. The predicted molar refractivity (Wildman–Crippen MR) is 126 cm³/mol. The SMILES string of the molecule is CCN(CC)CCCN1C(=O)C(O)=C(C(=O)c2ccc(C)o2)[C@H]1c1ccc(OC(C)C)cc1. The lowest BCUT2D eigenvalue weighted by molar-refractivity contribution is -0.129. The van der Waals surface area contributed by atoms with Crippen molar-refractivity contribution in [3.05, 3.63) is 64.8 Å². The second-order valence-corrected chi connectivity index (χ2v) is 8.52. The molecule has 1 atom stereocenters. The number of hydrogen-bond acceptors (Lipinski definition) is 6. The topological polar surface area (TPSA) is 83.2 Å². The number of furan rings is 1. The van der Waals surface area contributed by atoms with Crippen molar-refractivity contribution in [3.8, 4) is 5.75 Å². The van der Waals surface area contributed by atoms with E-state index >= 15 is 0 Å². The van der Waals surface area contributed by atoms with E-state index in [0.717, 1.165) is 31.6 Å². The Hall–Kier alpha value is -3.06. The highest BCUT2D eigenvalue weighted by Gasteiger charge is 2.44. The molecule has 0 bridgehead atoms. The third kappa shape index (κ3) is 5.47. The van der Waals surface area contributed by atoms with E-state index in [1.54, 1.807) is 24.0 Å². The molecule has 0 radical (unpaired) electrons. The maximum absolute atomic E-state index is 13.3. The van der Waals surface area contributed by atoms with Crippen molar-refractivity contribution in [1.29, 1.82) is 0 Å². The van der Waals surface area contributed by atoms with Crippen LogP contribution in [0.15, 0.2) is 52.1 Å². The number of Topliss-reactive ketones (excluding diaryl/α,β-unsaturated/α-hetero) is 1. The second kappa shape index (κ2) is 10.7. The van der Waals surface area contributed by atoms with Crippen LogP contribution in [0.2, 0.25) is 0 Å². The van der Waals surface area contributed by atoms with Crippen LogP contribution in [0, 0.1) is 6.92 Å². The van der Waals surface area contributed by atoms with Crippen molar-refractivity contribution in [3.63, 3.8) is 0 Å². The number of hydrogen-bond donors (Lipinski definition) is 1. The van der Waals surface area contributed by atoms with Crippen LogP contribution in [0.4, 0.5) is 0 Å². The Morgan fingerprint density at radius 3 is 2.36 bits per heavy atom. The van der Waals surface area contributed by atoms with Crippen molar-refractivity contribution < 1.29 is 23.8 Å². The van der Waals surface area contributed by atoms with Gasteiger partial charge in [0.1, 0.15) is 11.5 Å². The van der Waals surface area contributed by atoms with E-state index in [4.69, 9.17) is 9.15 Å². The number of carbonyl (C=O) groups excluding carboxylic acids is 2. The van der Waals surface area contributed by atoms with Crippen molar-refractivity contribution in [2.24, 2.45) is 0 Å². The lowest BCUT2D eigenvalue weighted by Gasteiger charge is -2.28. The molecule has 2 aromatic rings. The van der Waals surface area contributed by atoms with E-state index in [1.807, 2.05) is 38.1 Å². The molecule has 1 aliphatic rings. The zero-order valence-electron chi connectivity index (χ0n) is 20.1. The largest absolute Gasteiger partial charge is 0.503 e. The Balaban J connectivity index is 1.94. The number of ketones is 1. The fourth-order valence-electron chi connectivity index (χ4n) is 4.16. The predicted octanol–water partition coefficient (Wildman–Crippen LogP) is 4.69. The summed E-state index contributed by atoms with van der Waals surface area (Å²) in [6.07, 6.45) is 0.760. The summed E-state index contributed by atoms with van der Waals surface area (Å²) in [5, 5.41) is 10.8. The van der Waals surface area contributed by atoms with E-state index < -0.39 is 23.5 Å². The Morgan fingerprint density at radius 2 is 1.82 bits per heavy atom. The van der Waals surface area contributed by atoms with Gasteiger partial charge in [-0.05, 0) is 76.7 Å². The molecule has 3 rings (SSSR count). The van der Waals surface area contributed by atoms with Crippen molar-refractivity contribution in [2.45, 2.75) is 53.2 Å². The van der Waals surface area contributed by atoms with Crippen molar-refractivity contribution in [2.75, 3.05) is 26.2 Å². The van der Waals surface area contributed by atoms with Crippen LogP contribution in [0.25, 0.3) is 0 Å². The summed E-state index contributed by atoms with van der Waals surface area (Å²) in [5.41, 5.74) is 0.785. The van der Waals surface area contributed by atoms with E-state index in [9.17, 15) is 14.7 Å². The molecule has 1 aromatic carbocycles. The number of carbonyl (C=O) groups is 2. The van der Waals surface area contributed by atoms with Crippen LogP contribution in [-0.4, -0.2) is 58.9 Å². The van der Waals surface area contributed by atoms with Crippen LogP contribution >= 0.6 is 0 Å². The van der Waals surface area contributed by atoms with Gasteiger partial charge in [-0.15, -0.1) is 0 Å². The Morgan fingerprint density at radius 1 is 1.15 bits per heavy atom. The monoisotopic (exact) mass is 454 g/mol. The average molecular weight is 455 g/mol. The van der Waals surface area contributed by atoms with Gasteiger partial charge in [0, 0.05) is 6.54 Å². The van der Waals surface area contributed by atoms with Gasteiger partial charge < -0.3 is 24.1 Å². The molecule has 1 amide bonds. The first kappa shape index (κ1) is 24.6. The summed E-state index contributed by atoms with van der Waals surface area (Å²) >= 11 is 0. The van der Waals surface area contributed by atoms with E-state index in [0.29, 0.717) is 18.1 Å². The molecule has 0 fully saturated rings. The Bertz CT molecular complexity index is 1000. The molecule has 0 unspecified atom stereocenters. The highest BCUT2D eigenvalue weighted by molar-refractivity contribution is 6.15. The van der Waals surface area contributed by atoms with Gasteiger partial charge in [0.15, 0.2) is 11.5 Å². The lowest BCUT2D eigenvalue weighted by atomic mass is 9.95. The summed E-state index contributed by atoms with van der Waals surface area (Å²) in [5.74, 6) is -0.123. The number of amides is 1. The van der Waals surface area contributed by atoms with Gasteiger partial charge in [-0.25, -0.2) is 0 Å². The minimum absolute atomic E-state index is 0.0313. The second-order valence-electron chi connectivity index (χ2n) is 8.52. The molecule has 178 valence electrons. The fraction of sp³-hybridized carbons (Fsp3) is 0.462. The van der Waals surface area contributed by atoms with Gasteiger partial charge in [-0.3, -0.25) is 9.59 Å². The highest BCUT2D eigenvalue weighted by Crippen LogP contribution is 2.39. The van der Waals surface area contributed by atoms with E-state index in [2.05, 4.69) is 18.7 Å². The smallest absolute Gasteiger partial charge is 0.290 e. The molecule has 0 saturated heterocycles. The maximum atomic E-state index is 13.3. The number of rotatable bonds is 11. The maximum Gasteiger partial charge on any atom is 0.290 e. The fourth-order valence-corrected chi connectivity index (χ4v) is 4.16. The number of aliphatic hydroxyl groups is 1. The molecule has 0 spiro atoms. The van der Waals surface area contributed by atoms with Crippen LogP contribution < -0.4 is 4.74 Å². The van der Waals surface area contributed by atoms with Crippen LogP contribution in [0.5, 0.6) is 5.75 Å². The van der Waals surface area contributed by atoms with Gasteiger partial charge in [0.05, 0.1) is 17.7 Å². The van der Waals surface area contributed by atoms with Crippen LogP contribution in [0.1, 0.15) is 62.0 Å². The minimum atomic E-state index is -0.694. The van der Waals surface area contributed by atoms with Gasteiger partial charge in [0.25, 0.3) is 5.91 Å². The number of aryl methyl sites for hydroxylation is 1. The first-order valence-corrected chi connectivity index (χ1v) is 11.6. The van der Waals surface area contributed by atoms with Gasteiger partial charge in [0.2, 0.25) is 5.78 Å². The molecule has 7 heteroatoms. The van der Waals surface area contributed by atoms with Crippen molar-refractivity contribution >= 4 is 11.7 Å². The molecule has 0 saturated carbocycles. The zero-order valence-corrected chi connectivity index (χ0v) is 20.1. The van der Waals surface area contributed by atoms with Gasteiger partial charge >= 0.3 is 0 Å². The number of ether oxygens (including phenoxy) is 1. The minimum Gasteiger partial charge on any atom is -0.503 e. The molecule has 33 heavy (non-hydrogen) atoms. The summed E-state index contributed by atoms with van der Waals surface area (Å²) in [4.78, 5) is 30.2. The summed E-state index contributed by atoms with van der Waals surface area (Å²) < 4.78 is 11.2. The summed E-state index contributed by atoms with van der Waals surface area (Å²) in [7, 11) is 0. The lowest BCUT2D eigenvalue weighted by Crippen LogP contribution is -2.34. The third-order valence-corrected chi connectivity index (χ3v) is 5.85.